The van der Waals surface area contributed by atoms with Crippen molar-refractivity contribution in [2.24, 2.45) is 0 Å². The molecule has 76 valence electrons. The lowest BCUT2D eigenvalue weighted by molar-refractivity contribution is 0.719. The van der Waals surface area contributed by atoms with E-state index in [1.807, 2.05) is 18.2 Å². The Bertz CT molecular complexity index is 603. The van der Waals surface area contributed by atoms with Crippen molar-refractivity contribution in [3.8, 4) is 0 Å². The molecule has 0 amide bonds. The van der Waals surface area contributed by atoms with Crippen molar-refractivity contribution in [2.45, 2.75) is 19.4 Å². The Morgan fingerprint density at radius 1 is 1.40 bits per heavy atom. The van der Waals surface area contributed by atoms with Crippen LogP contribution < -0.4 is 5.56 Å². The molecule has 4 heteroatoms. The molecule has 1 aliphatic heterocycles. The fraction of sp³-hybridized carbons (Fsp3) is 0.273. The number of rotatable bonds is 0. The molecular formula is C11H9BrN2O. The summed E-state index contributed by atoms with van der Waals surface area (Å²) >= 11 is 3.39. The number of hydrogen-bond donors (Lipinski definition) is 0. The van der Waals surface area contributed by atoms with Crippen LogP contribution in [0.4, 0.5) is 0 Å². The fourth-order valence-electron chi connectivity index (χ4n) is 2.06. The lowest BCUT2D eigenvalue weighted by Crippen LogP contribution is -2.20. The molecular weight excluding hydrogens is 256 g/mol. The van der Waals surface area contributed by atoms with E-state index in [9.17, 15) is 4.79 Å². The van der Waals surface area contributed by atoms with Crippen LogP contribution in [0.5, 0.6) is 0 Å². The van der Waals surface area contributed by atoms with Crippen LogP contribution in [0, 0.1) is 0 Å². The molecule has 0 radical (unpaired) electrons. The van der Waals surface area contributed by atoms with Gasteiger partial charge in [0.05, 0.1) is 10.9 Å². The van der Waals surface area contributed by atoms with Gasteiger partial charge in [0.1, 0.15) is 5.82 Å². The Labute approximate surface area is 94.9 Å². The molecule has 3 nitrogen and oxygen atoms in total. The van der Waals surface area contributed by atoms with E-state index in [-0.39, 0.29) is 5.56 Å². The second-order valence-electron chi connectivity index (χ2n) is 3.75. The molecule has 0 saturated heterocycles. The van der Waals surface area contributed by atoms with Crippen LogP contribution in [-0.4, -0.2) is 9.55 Å². The number of benzene rings is 1. The maximum atomic E-state index is 12.0. The summed E-state index contributed by atoms with van der Waals surface area (Å²) in [6.07, 6.45) is 1.94. The van der Waals surface area contributed by atoms with Crippen LogP contribution in [0.3, 0.4) is 0 Å². The lowest BCUT2D eigenvalue weighted by Gasteiger charge is -2.04. The predicted octanol–water partition coefficient (Wildman–Crippen LogP) is 2.11. The number of nitrogens with zero attached hydrogens (tertiary/aromatic N) is 2. The molecule has 0 bridgehead atoms. The molecule has 0 spiro atoms. The second kappa shape index (κ2) is 3.17. The third-order valence-corrected chi connectivity index (χ3v) is 3.27. The quantitative estimate of drug-likeness (QED) is 0.731. The Kier molecular flexibility index (Phi) is 1.92. The summed E-state index contributed by atoms with van der Waals surface area (Å²) in [6.45, 7) is 0.813. The minimum atomic E-state index is 0.0972. The number of halogens is 1. The maximum absolute atomic E-state index is 12.0. The van der Waals surface area contributed by atoms with Crippen molar-refractivity contribution in [3.05, 3.63) is 38.9 Å². The predicted molar refractivity (Wildman–Crippen MR) is 62.0 cm³/mol. The van der Waals surface area contributed by atoms with Gasteiger partial charge in [-0.3, -0.25) is 9.36 Å². The third-order valence-electron chi connectivity index (χ3n) is 2.78. The third kappa shape index (κ3) is 1.32. The Hall–Kier alpha value is -1.16. The van der Waals surface area contributed by atoms with Crippen LogP contribution in [0.1, 0.15) is 12.2 Å². The van der Waals surface area contributed by atoms with Gasteiger partial charge in [0.15, 0.2) is 0 Å². The largest absolute Gasteiger partial charge is 0.296 e. The fourth-order valence-corrected chi connectivity index (χ4v) is 2.41. The van der Waals surface area contributed by atoms with Crippen molar-refractivity contribution in [2.75, 3.05) is 0 Å². The normalized spacial score (nSPS) is 14.5. The molecule has 3 rings (SSSR count). The highest BCUT2D eigenvalue weighted by atomic mass is 79.9. The van der Waals surface area contributed by atoms with Crippen molar-refractivity contribution in [1.82, 2.24) is 9.55 Å². The van der Waals surface area contributed by atoms with Gasteiger partial charge in [-0.15, -0.1) is 0 Å². The topological polar surface area (TPSA) is 34.9 Å². The molecule has 0 saturated carbocycles. The molecule has 0 aliphatic carbocycles. The van der Waals surface area contributed by atoms with Crippen molar-refractivity contribution < 1.29 is 0 Å². The summed E-state index contributed by atoms with van der Waals surface area (Å²) in [4.78, 5) is 16.5. The van der Waals surface area contributed by atoms with E-state index in [0.717, 1.165) is 35.2 Å². The minimum Gasteiger partial charge on any atom is -0.296 e. The number of aryl methyl sites for hydroxylation is 1. The molecule has 1 aromatic heterocycles. The summed E-state index contributed by atoms with van der Waals surface area (Å²) in [5.74, 6) is 0.922. The molecule has 1 aliphatic rings. The van der Waals surface area contributed by atoms with Gasteiger partial charge in [-0.2, -0.15) is 0 Å². The van der Waals surface area contributed by atoms with Gasteiger partial charge in [-0.1, -0.05) is 15.9 Å². The highest BCUT2D eigenvalue weighted by Crippen LogP contribution is 2.18. The SMILES string of the molecule is O=c1c2ccc(Br)cc2nc2n1CCC2. The van der Waals surface area contributed by atoms with Gasteiger partial charge in [-0.25, -0.2) is 4.98 Å². The monoisotopic (exact) mass is 264 g/mol. The average molecular weight is 265 g/mol. The molecule has 2 heterocycles. The molecule has 2 aromatic rings. The highest BCUT2D eigenvalue weighted by Gasteiger charge is 2.15. The van der Waals surface area contributed by atoms with Crippen molar-refractivity contribution >= 4 is 26.8 Å². The molecule has 0 atom stereocenters. The molecule has 1 aromatic carbocycles. The lowest BCUT2D eigenvalue weighted by atomic mass is 10.2. The summed E-state index contributed by atoms with van der Waals surface area (Å²) in [5.41, 5.74) is 0.891. The van der Waals surface area contributed by atoms with Crippen molar-refractivity contribution in [3.63, 3.8) is 0 Å². The van der Waals surface area contributed by atoms with E-state index in [1.165, 1.54) is 0 Å². The molecule has 0 unspecified atom stereocenters. The van der Waals surface area contributed by atoms with Crippen LogP contribution in [-0.2, 0) is 13.0 Å². The zero-order valence-corrected chi connectivity index (χ0v) is 9.62. The van der Waals surface area contributed by atoms with Gasteiger partial charge in [0.2, 0.25) is 0 Å². The summed E-state index contributed by atoms with van der Waals surface area (Å²) in [6, 6.07) is 5.61. The van der Waals surface area contributed by atoms with Gasteiger partial charge in [0.25, 0.3) is 5.56 Å². The zero-order chi connectivity index (χ0) is 10.4. The van der Waals surface area contributed by atoms with Crippen LogP contribution in [0.25, 0.3) is 10.9 Å². The molecule has 0 fully saturated rings. The first-order valence-electron chi connectivity index (χ1n) is 4.95. The van der Waals surface area contributed by atoms with Gasteiger partial charge >= 0.3 is 0 Å². The van der Waals surface area contributed by atoms with Crippen LogP contribution >= 0.6 is 15.9 Å². The van der Waals surface area contributed by atoms with E-state index < -0.39 is 0 Å². The molecule has 15 heavy (non-hydrogen) atoms. The highest BCUT2D eigenvalue weighted by molar-refractivity contribution is 9.10. The Morgan fingerprint density at radius 3 is 3.13 bits per heavy atom. The zero-order valence-electron chi connectivity index (χ0n) is 8.03. The van der Waals surface area contributed by atoms with Gasteiger partial charge in [-0.05, 0) is 24.6 Å². The van der Waals surface area contributed by atoms with E-state index in [4.69, 9.17) is 0 Å². The average Bonchev–Trinajstić information content (AvgIpc) is 2.65. The molecule has 0 N–H and O–H groups in total. The Balaban J connectivity index is 2.46. The second-order valence-corrected chi connectivity index (χ2v) is 4.67. The van der Waals surface area contributed by atoms with Crippen LogP contribution in [0.15, 0.2) is 27.5 Å². The van der Waals surface area contributed by atoms with E-state index >= 15 is 0 Å². The van der Waals surface area contributed by atoms with E-state index in [1.54, 1.807) is 4.57 Å². The van der Waals surface area contributed by atoms with E-state index in [2.05, 4.69) is 20.9 Å². The summed E-state index contributed by atoms with van der Waals surface area (Å²) in [7, 11) is 0. The Morgan fingerprint density at radius 2 is 2.27 bits per heavy atom. The summed E-state index contributed by atoms with van der Waals surface area (Å²) < 4.78 is 2.75. The number of aromatic nitrogens is 2. The standard InChI is InChI=1S/C11H9BrN2O/c12-7-3-4-8-9(6-7)13-10-2-1-5-14(10)11(8)15/h3-4,6H,1-2,5H2. The minimum absolute atomic E-state index is 0.0972. The number of fused-ring (bicyclic) bond motifs is 2. The maximum Gasteiger partial charge on any atom is 0.261 e. The van der Waals surface area contributed by atoms with Gasteiger partial charge < -0.3 is 0 Å². The van der Waals surface area contributed by atoms with Crippen LogP contribution in [0.2, 0.25) is 0 Å². The van der Waals surface area contributed by atoms with Gasteiger partial charge in [0, 0.05) is 17.4 Å². The van der Waals surface area contributed by atoms with E-state index in [0.29, 0.717) is 5.39 Å². The number of hydrogen-bond acceptors (Lipinski definition) is 2. The smallest absolute Gasteiger partial charge is 0.261 e. The first-order valence-corrected chi connectivity index (χ1v) is 5.74. The summed E-state index contributed by atoms with van der Waals surface area (Å²) in [5, 5.41) is 0.712. The first-order chi connectivity index (χ1) is 7.25. The first kappa shape index (κ1) is 9.09. The van der Waals surface area contributed by atoms with Crippen molar-refractivity contribution in [1.29, 1.82) is 0 Å².